The van der Waals surface area contributed by atoms with Gasteiger partial charge in [-0.2, -0.15) is 0 Å². The molecule has 0 saturated heterocycles. The van der Waals surface area contributed by atoms with Crippen molar-refractivity contribution in [2.24, 2.45) is 0 Å². The fraction of sp³-hybridized carbons (Fsp3) is 0.316. The van der Waals surface area contributed by atoms with E-state index in [2.05, 4.69) is 10.3 Å². The van der Waals surface area contributed by atoms with Crippen molar-refractivity contribution >= 4 is 27.5 Å². The maximum Gasteiger partial charge on any atom is 0.262 e. The summed E-state index contributed by atoms with van der Waals surface area (Å²) in [6, 6.07) is 7.63. The van der Waals surface area contributed by atoms with Crippen LogP contribution in [0.5, 0.6) is 5.75 Å². The molecular formula is C19H20FN3O3S. The second kappa shape index (κ2) is 9.27. The number of rotatable bonds is 9. The zero-order valence-electron chi connectivity index (χ0n) is 14.7. The Morgan fingerprint density at radius 2 is 2.04 bits per heavy atom. The molecule has 27 heavy (non-hydrogen) atoms. The van der Waals surface area contributed by atoms with Gasteiger partial charge in [0.05, 0.1) is 18.3 Å². The lowest BCUT2D eigenvalue weighted by atomic mass is 10.3. The molecule has 0 bridgehead atoms. The molecule has 1 aromatic carbocycles. The van der Waals surface area contributed by atoms with E-state index >= 15 is 0 Å². The van der Waals surface area contributed by atoms with Crippen LogP contribution in [0.3, 0.4) is 0 Å². The highest BCUT2D eigenvalue weighted by molar-refractivity contribution is 7.16. The quantitative estimate of drug-likeness (QED) is 0.571. The zero-order valence-corrected chi connectivity index (χ0v) is 15.5. The summed E-state index contributed by atoms with van der Waals surface area (Å²) in [5, 5.41) is 5.25. The normalized spacial score (nSPS) is 10.9. The number of aromatic nitrogens is 2. The van der Waals surface area contributed by atoms with E-state index < -0.39 is 0 Å². The number of nitrogens with one attached hydrogen (secondary N) is 1. The minimum atomic E-state index is -0.293. The summed E-state index contributed by atoms with van der Waals surface area (Å²) in [5.74, 6) is 0.229. The number of carbonyl (C=O) groups excluding carboxylic acids is 1. The summed E-state index contributed by atoms with van der Waals surface area (Å²) in [6.07, 6.45) is 3.26. The van der Waals surface area contributed by atoms with E-state index in [0.717, 1.165) is 12.8 Å². The summed E-state index contributed by atoms with van der Waals surface area (Å²) < 4.78 is 19.7. The number of ether oxygens (including phenoxy) is 1. The first kappa shape index (κ1) is 19.0. The van der Waals surface area contributed by atoms with Crippen molar-refractivity contribution < 1.29 is 13.9 Å². The summed E-state index contributed by atoms with van der Waals surface area (Å²) in [4.78, 5) is 29.1. The number of unbranched alkanes of at least 4 members (excludes halogenated alkanes) is 1. The van der Waals surface area contributed by atoms with Crippen molar-refractivity contribution in [1.29, 1.82) is 0 Å². The second-order valence-electron chi connectivity index (χ2n) is 5.99. The van der Waals surface area contributed by atoms with E-state index in [4.69, 9.17) is 4.74 Å². The lowest BCUT2D eigenvalue weighted by Crippen LogP contribution is -2.28. The van der Waals surface area contributed by atoms with Crippen molar-refractivity contribution in [3.63, 3.8) is 0 Å². The Balaban J connectivity index is 1.32. The monoisotopic (exact) mass is 389 g/mol. The van der Waals surface area contributed by atoms with Crippen molar-refractivity contribution in [1.82, 2.24) is 14.9 Å². The number of hydrogen-bond donors (Lipinski definition) is 1. The first-order valence-corrected chi connectivity index (χ1v) is 9.59. The van der Waals surface area contributed by atoms with Crippen LogP contribution < -0.4 is 15.6 Å². The van der Waals surface area contributed by atoms with Crippen LogP contribution in [0.4, 0.5) is 4.39 Å². The molecule has 3 aromatic rings. The van der Waals surface area contributed by atoms with Gasteiger partial charge in [0.1, 0.15) is 16.4 Å². The number of nitrogens with zero attached hydrogens (tertiary/aromatic N) is 2. The van der Waals surface area contributed by atoms with Gasteiger partial charge in [0.2, 0.25) is 5.91 Å². The molecule has 142 valence electrons. The number of aryl methyl sites for hydroxylation is 1. The Morgan fingerprint density at radius 1 is 1.22 bits per heavy atom. The van der Waals surface area contributed by atoms with Gasteiger partial charge >= 0.3 is 0 Å². The number of hydrogen-bond acceptors (Lipinski definition) is 5. The summed E-state index contributed by atoms with van der Waals surface area (Å²) in [7, 11) is 0. The summed E-state index contributed by atoms with van der Waals surface area (Å²) >= 11 is 1.42. The topological polar surface area (TPSA) is 73.2 Å². The van der Waals surface area contributed by atoms with Crippen molar-refractivity contribution in [2.75, 3.05) is 13.2 Å². The van der Waals surface area contributed by atoms with Gasteiger partial charge in [-0.15, -0.1) is 11.3 Å². The van der Waals surface area contributed by atoms with Crippen LogP contribution in [0.25, 0.3) is 10.2 Å². The first-order valence-electron chi connectivity index (χ1n) is 8.71. The van der Waals surface area contributed by atoms with Gasteiger partial charge in [-0.3, -0.25) is 14.2 Å². The number of carbonyl (C=O) groups is 1. The standard InChI is InChI=1S/C19H20FN3O3S/c20-14-3-5-15(6-4-14)26-11-2-1-9-21-17(24)7-10-23-13-22-18-16(19(23)25)8-12-27-18/h3-6,8,12-13H,1-2,7,9-11H2,(H,21,24). The van der Waals surface area contributed by atoms with E-state index in [0.29, 0.717) is 35.7 Å². The molecule has 1 amide bonds. The maximum absolute atomic E-state index is 12.8. The smallest absolute Gasteiger partial charge is 0.262 e. The van der Waals surface area contributed by atoms with Crippen LogP contribution in [0.15, 0.2) is 46.8 Å². The molecule has 0 unspecified atom stereocenters. The number of halogens is 1. The average Bonchev–Trinajstić information content (AvgIpc) is 3.15. The molecule has 0 aliphatic rings. The number of thiophene rings is 1. The largest absolute Gasteiger partial charge is 0.494 e. The number of fused-ring (bicyclic) bond motifs is 1. The molecule has 0 fully saturated rings. The fourth-order valence-corrected chi connectivity index (χ4v) is 3.26. The maximum atomic E-state index is 12.8. The third-order valence-corrected chi connectivity index (χ3v) is 4.83. The van der Waals surface area contributed by atoms with E-state index in [1.165, 1.54) is 34.4 Å². The highest BCUT2D eigenvalue weighted by Crippen LogP contribution is 2.13. The Labute approximate surface area is 159 Å². The molecule has 6 nitrogen and oxygen atoms in total. The van der Waals surface area contributed by atoms with Gasteiger partial charge in [0, 0.05) is 19.5 Å². The Morgan fingerprint density at radius 3 is 2.85 bits per heavy atom. The van der Waals surface area contributed by atoms with Crippen molar-refractivity contribution in [3.05, 3.63) is 58.2 Å². The molecule has 2 aromatic heterocycles. The molecule has 0 spiro atoms. The van der Waals surface area contributed by atoms with Gasteiger partial charge in [-0.1, -0.05) is 0 Å². The third-order valence-electron chi connectivity index (χ3n) is 4.01. The molecular weight excluding hydrogens is 369 g/mol. The van der Waals surface area contributed by atoms with Gasteiger partial charge in [-0.25, -0.2) is 9.37 Å². The van der Waals surface area contributed by atoms with E-state index in [1.54, 1.807) is 18.2 Å². The predicted molar refractivity (Wildman–Crippen MR) is 103 cm³/mol. The molecule has 0 aliphatic heterocycles. The SMILES string of the molecule is O=C(CCn1cnc2sccc2c1=O)NCCCCOc1ccc(F)cc1. The highest BCUT2D eigenvalue weighted by Gasteiger charge is 2.07. The summed E-state index contributed by atoms with van der Waals surface area (Å²) in [5.41, 5.74) is -0.119. The van der Waals surface area contributed by atoms with Gasteiger partial charge in [0.25, 0.3) is 5.56 Å². The van der Waals surface area contributed by atoms with Gasteiger partial charge in [0.15, 0.2) is 0 Å². The van der Waals surface area contributed by atoms with Crippen molar-refractivity contribution in [3.8, 4) is 5.75 Å². The molecule has 1 N–H and O–H groups in total. The molecule has 8 heteroatoms. The molecule has 0 aliphatic carbocycles. The Kier molecular flexibility index (Phi) is 6.54. The van der Waals surface area contributed by atoms with E-state index in [9.17, 15) is 14.0 Å². The Hall–Kier alpha value is -2.74. The number of amides is 1. The van der Waals surface area contributed by atoms with Crippen LogP contribution >= 0.6 is 11.3 Å². The minimum Gasteiger partial charge on any atom is -0.494 e. The Bertz CT molecular complexity index is 953. The van der Waals surface area contributed by atoms with E-state index in [1.807, 2.05) is 5.38 Å². The van der Waals surface area contributed by atoms with Crippen LogP contribution in [-0.4, -0.2) is 28.6 Å². The van der Waals surface area contributed by atoms with Crippen molar-refractivity contribution in [2.45, 2.75) is 25.8 Å². The minimum absolute atomic E-state index is 0.105. The van der Waals surface area contributed by atoms with Crippen LogP contribution in [0.2, 0.25) is 0 Å². The molecule has 2 heterocycles. The predicted octanol–water partition coefficient (Wildman–Crippen LogP) is 2.96. The third kappa shape index (κ3) is 5.37. The van der Waals surface area contributed by atoms with Crippen LogP contribution in [-0.2, 0) is 11.3 Å². The highest BCUT2D eigenvalue weighted by atomic mass is 32.1. The molecule has 3 rings (SSSR count). The van der Waals surface area contributed by atoms with Gasteiger partial charge in [-0.05, 0) is 48.6 Å². The van der Waals surface area contributed by atoms with Gasteiger partial charge < -0.3 is 10.1 Å². The van der Waals surface area contributed by atoms with E-state index in [-0.39, 0.29) is 23.7 Å². The lowest BCUT2D eigenvalue weighted by Gasteiger charge is -2.08. The van der Waals surface area contributed by atoms with Crippen LogP contribution in [0.1, 0.15) is 19.3 Å². The first-order chi connectivity index (χ1) is 13.1. The molecule has 0 saturated carbocycles. The lowest BCUT2D eigenvalue weighted by molar-refractivity contribution is -0.121. The average molecular weight is 389 g/mol. The zero-order chi connectivity index (χ0) is 19.1. The molecule has 0 radical (unpaired) electrons. The number of benzene rings is 1. The van der Waals surface area contributed by atoms with Crippen LogP contribution in [0, 0.1) is 5.82 Å². The fourth-order valence-electron chi connectivity index (χ4n) is 2.54. The summed E-state index contributed by atoms with van der Waals surface area (Å²) in [6.45, 7) is 1.35. The second-order valence-corrected chi connectivity index (χ2v) is 6.89. The molecule has 0 atom stereocenters.